The zero-order valence-electron chi connectivity index (χ0n) is 10.3. The molecule has 0 amide bonds. The number of alkyl halides is 1. The predicted molar refractivity (Wildman–Crippen MR) is 68.5 cm³/mol. The van der Waals surface area contributed by atoms with E-state index in [4.69, 9.17) is 11.6 Å². The lowest BCUT2D eigenvalue weighted by molar-refractivity contribution is 0.215. The Kier molecular flexibility index (Phi) is 5.14. The van der Waals surface area contributed by atoms with Gasteiger partial charge in [0, 0.05) is 18.0 Å². The topological polar surface area (TPSA) is 12.0 Å². The molecule has 1 N–H and O–H groups in total. The number of allylic oxidation sites excluding steroid dienone is 1. The number of rotatable bonds is 4. The molecule has 1 saturated carbocycles. The van der Waals surface area contributed by atoms with Crippen LogP contribution >= 0.6 is 11.6 Å². The van der Waals surface area contributed by atoms with E-state index >= 15 is 0 Å². The second-order valence-corrected chi connectivity index (χ2v) is 5.55. The third-order valence-electron chi connectivity index (χ3n) is 3.33. The van der Waals surface area contributed by atoms with Crippen molar-refractivity contribution in [2.24, 2.45) is 5.92 Å². The second kappa shape index (κ2) is 5.91. The summed E-state index contributed by atoms with van der Waals surface area (Å²) in [6, 6.07) is 0. The third-order valence-corrected chi connectivity index (χ3v) is 3.85. The highest BCUT2D eigenvalue weighted by Crippen LogP contribution is 2.33. The molecule has 0 aromatic heterocycles. The molecular formula is C13H24ClN. The molecule has 1 aliphatic carbocycles. The lowest BCUT2D eigenvalue weighted by atomic mass is 9.77. The van der Waals surface area contributed by atoms with Crippen molar-refractivity contribution in [3.63, 3.8) is 0 Å². The highest BCUT2D eigenvalue weighted by molar-refractivity contribution is 6.18. The molecule has 0 aliphatic heterocycles. The van der Waals surface area contributed by atoms with Gasteiger partial charge in [-0.2, -0.15) is 0 Å². The van der Waals surface area contributed by atoms with Crippen molar-refractivity contribution >= 4 is 11.6 Å². The summed E-state index contributed by atoms with van der Waals surface area (Å²) in [6.07, 6.45) is 7.39. The fraction of sp³-hybridized carbons (Fsp3) is 0.846. The van der Waals surface area contributed by atoms with E-state index < -0.39 is 0 Å². The van der Waals surface area contributed by atoms with Gasteiger partial charge < -0.3 is 5.32 Å². The Morgan fingerprint density at radius 1 is 1.53 bits per heavy atom. The van der Waals surface area contributed by atoms with Crippen LogP contribution in [0.25, 0.3) is 0 Å². The molecule has 88 valence electrons. The summed E-state index contributed by atoms with van der Waals surface area (Å²) in [6.45, 7) is 7.57. The van der Waals surface area contributed by atoms with E-state index in [-0.39, 0.29) is 5.54 Å². The molecule has 0 saturated heterocycles. The average Bonchev–Trinajstić information content (AvgIpc) is 2.17. The van der Waals surface area contributed by atoms with Gasteiger partial charge in [0.2, 0.25) is 0 Å². The number of hydrogen-bond acceptors (Lipinski definition) is 1. The van der Waals surface area contributed by atoms with E-state index in [1.165, 1.54) is 31.3 Å². The molecule has 15 heavy (non-hydrogen) atoms. The van der Waals surface area contributed by atoms with Crippen LogP contribution in [0.1, 0.15) is 46.5 Å². The Labute approximate surface area is 99.3 Å². The largest absolute Gasteiger partial charge is 0.307 e. The van der Waals surface area contributed by atoms with Crippen LogP contribution in [0.3, 0.4) is 0 Å². The lowest BCUT2D eigenvalue weighted by Crippen LogP contribution is -2.50. The van der Waals surface area contributed by atoms with E-state index in [2.05, 4.69) is 32.2 Å². The molecule has 0 spiro atoms. The van der Waals surface area contributed by atoms with Crippen molar-refractivity contribution in [3.8, 4) is 0 Å². The van der Waals surface area contributed by atoms with Crippen LogP contribution in [-0.2, 0) is 0 Å². The van der Waals surface area contributed by atoms with Crippen LogP contribution in [-0.4, -0.2) is 18.0 Å². The minimum Gasteiger partial charge on any atom is -0.307 e. The van der Waals surface area contributed by atoms with E-state index in [1.54, 1.807) is 0 Å². The predicted octanol–water partition coefficient (Wildman–Crippen LogP) is 3.73. The fourth-order valence-electron chi connectivity index (χ4n) is 2.46. The zero-order chi connectivity index (χ0) is 11.3. The van der Waals surface area contributed by atoms with Crippen molar-refractivity contribution in [3.05, 3.63) is 11.6 Å². The molecule has 2 unspecified atom stereocenters. The van der Waals surface area contributed by atoms with Crippen LogP contribution < -0.4 is 5.32 Å². The SMILES string of the molecule is CC(C)=CCNC1(CCl)CCCC(C)C1. The van der Waals surface area contributed by atoms with E-state index in [9.17, 15) is 0 Å². The van der Waals surface area contributed by atoms with E-state index in [0.29, 0.717) is 0 Å². The minimum absolute atomic E-state index is 0.200. The smallest absolute Gasteiger partial charge is 0.0406 e. The minimum atomic E-state index is 0.200. The first kappa shape index (κ1) is 13.1. The van der Waals surface area contributed by atoms with Crippen LogP contribution in [0.15, 0.2) is 11.6 Å². The molecule has 0 radical (unpaired) electrons. The summed E-state index contributed by atoms with van der Waals surface area (Å²) in [7, 11) is 0. The van der Waals surface area contributed by atoms with Crippen LogP contribution in [0.2, 0.25) is 0 Å². The number of nitrogens with one attached hydrogen (secondary N) is 1. The van der Waals surface area contributed by atoms with Gasteiger partial charge in [-0.05, 0) is 32.6 Å². The standard InChI is InChI=1S/C13H24ClN/c1-11(2)6-8-15-13(10-14)7-4-5-12(3)9-13/h6,12,15H,4-5,7-10H2,1-3H3. The molecule has 0 aromatic carbocycles. The van der Waals surface area contributed by atoms with Crippen LogP contribution in [0, 0.1) is 5.92 Å². The quantitative estimate of drug-likeness (QED) is 0.572. The Morgan fingerprint density at radius 2 is 2.27 bits per heavy atom. The Hall–Kier alpha value is -0.0100. The van der Waals surface area contributed by atoms with Crippen LogP contribution in [0.5, 0.6) is 0 Å². The van der Waals surface area contributed by atoms with Gasteiger partial charge in [-0.15, -0.1) is 11.6 Å². The Bertz CT molecular complexity index is 221. The average molecular weight is 230 g/mol. The van der Waals surface area contributed by atoms with Gasteiger partial charge in [-0.3, -0.25) is 0 Å². The lowest BCUT2D eigenvalue weighted by Gasteiger charge is -2.39. The van der Waals surface area contributed by atoms with Gasteiger partial charge in [-0.25, -0.2) is 0 Å². The monoisotopic (exact) mass is 229 g/mol. The molecule has 1 fully saturated rings. The van der Waals surface area contributed by atoms with Gasteiger partial charge in [0.25, 0.3) is 0 Å². The fourth-order valence-corrected chi connectivity index (χ4v) is 2.80. The molecule has 1 aliphatic rings. The first-order valence-electron chi connectivity index (χ1n) is 6.02. The number of hydrogen-bond donors (Lipinski definition) is 1. The van der Waals surface area contributed by atoms with Gasteiger partial charge >= 0.3 is 0 Å². The summed E-state index contributed by atoms with van der Waals surface area (Å²) in [5.74, 6) is 1.56. The molecule has 1 nitrogen and oxygen atoms in total. The van der Waals surface area contributed by atoms with Gasteiger partial charge in [0.1, 0.15) is 0 Å². The van der Waals surface area contributed by atoms with Crippen molar-refractivity contribution in [1.29, 1.82) is 0 Å². The summed E-state index contributed by atoms with van der Waals surface area (Å²) in [5.41, 5.74) is 1.57. The normalized spacial score (nSPS) is 31.3. The van der Waals surface area contributed by atoms with E-state index in [0.717, 1.165) is 18.3 Å². The summed E-state index contributed by atoms with van der Waals surface area (Å²) in [5, 5.41) is 3.64. The Balaban J connectivity index is 2.48. The van der Waals surface area contributed by atoms with Gasteiger partial charge in [-0.1, -0.05) is 31.4 Å². The Morgan fingerprint density at radius 3 is 2.80 bits per heavy atom. The zero-order valence-corrected chi connectivity index (χ0v) is 11.0. The molecule has 2 heteroatoms. The van der Waals surface area contributed by atoms with Crippen molar-refractivity contribution < 1.29 is 0 Å². The van der Waals surface area contributed by atoms with Crippen molar-refractivity contribution in [2.75, 3.05) is 12.4 Å². The third kappa shape index (κ3) is 4.16. The molecule has 2 atom stereocenters. The maximum Gasteiger partial charge on any atom is 0.0406 e. The molecule has 0 heterocycles. The molecular weight excluding hydrogens is 206 g/mol. The number of halogens is 1. The van der Waals surface area contributed by atoms with Gasteiger partial charge in [0.05, 0.1) is 0 Å². The maximum absolute atomic E-state index is 6.13. The van der Waals surface area contributed by atoms with Crippen LogP contribution in [0.4, 0.5) is 0 Å². The van der Waals surface area contributed by atoms with Crippen molar-refractivity contribution in [1.82, 2.24) is 5.32 Å². The second-order valence-electron chi connectivity index (χ2n) is 5.28. The molecule has 1 rings (SSSR count). The van der Waals surface area contributed by atoms with Crippen molar-refractivity contribution in [2.45, 2.75) is 52.0 Å². The maximum atomic E-state index is 6.13. The first-order valence-corrected chi connectivity index (χ1v) is 6.56. The molecule has 0 bridgehead atoms. The molecule has 0 aromatic rings. The first-order chi connectivity index (χ1) is 7.08. The summed E-state index contributed by atoms with van der Waals surface area (Å²) >= 11 is 6.13. The summed E-state index contributed by atoms with van der Waals surface area (Å²) in [4.78, 5) is 0. The highest BCUT2D eigenvalue weighted by Gasteiger charge is 2.33. The van der Waals surface area contributed by atoms with E-state index in [1.807, 2.05) is 0 Å². The summed E-state index contributed by atoms with van der Waals surface area (Å²) < 4.78 is 0. The van der Waals surface area contributed by atoms with Gasteiger partial charge in [0.15, 0.2) is 0 Å². The highest BCUT2D eigenvalue weighted by atomic mass is 35.5.